The summed E-state index contributed by atoms with van der Waals surface area (Å²) in [6.45, 7) is 0. The molecular weight excluding hydrogens is 356 g/mol. The first kappa shape index (κ1) is 17.6. The Labute approximate surface area is 151 Å². The molecule has 26 heavy (non-hydrogen) atoms. The Balaban J connectivity index is 1.88. The number of para-hydroxylation sites is 1. The average Bonchev–Trinajstić information content (AvgIpc) is 3.02. The standard InChI is InChI=1S/C18H14N2O5S/c21-15(22)9-12(18(24)25)17-20-13-7-6-10(8-14(13)26-17)16(23)19-11-4-2-1-3-5-11/h1-8,12H,9H2,(H,19,23)(H,21,22)(H,24,25). The van der Waals surface area contributed by atoms with Gasteiger partial charge in [0.05, 0.1) is 16.6 Å². The Bertz CT molecular complexity index is 984. The van der Waals surface area contributed by atoms with Gasteiger partial charge in [0.2, 0.25) is 0 Å². The van der Waals surface area contributed by atoms with Gasteiger partial charge in [-0.2, -0.15) is 0 Å². The van der Waals surface area contributed by atoms with Crippen LogP contribution in [0.5, 0.6) is 0 Å². The van der Waals surface area contributed by atoms with Crippen molar-refractivity contribution in [2.24, 2.45) is 0 Å². The van der Waals surface area contributed by atoms with E-state index in [2.05, 4.69) is 10.3 Å². The van der Waals surface area contributed by atoms with Crippen LogP contribution in [0.2, 0.25) is 0 Å². The number of thiazole rings is 1. The van der Waals surface area contributed by atoms with E-state index < -0.39 is 24.3 Å². The molecule has 3 rings (SSSR count). The molecule has 0 aliphatic rings. The quantitative estimate of drug-likeness (QED) is 0.613. The van der Waals surface area contributed by atoms with Crippen molar-refractivity contribution >= 4 is 45.1 Å². The van der Waals surface area contributed by atoms with Crippen molar-refractivity contribution in [1.29, 1.82) is 0 Å². The minimum absolute atomic E-state index is 0.204. The molecule has 0 bridgehead atoms. The van der Waals surface area contributed by atoms with Crippen LogP contribution in [0.15, 0.2) is 48.5 Å². The Morgan fingerprint density at radius 2 is 1.81 bits per heavy atom. The summed E-state index contributed by atoms with van der Waals surface area (Å²) in [5.41, 5.74) is 1.59. The lowest BCUT2D eigenvalue weighted by atomic mass is 10.1. The van der Waals surface area contributed by atoms with E-state index in [1.54, 1.807) is 30.3 Å². The molecule has 7 nitrogen and oxygen atoms in total. The van der Waals surface area contributed by atoms with Gasteiger partial charge in [0.1, 0.15) is 10.9 Å². The molecule has 0 fully saturated rings. The summed E-state index contributed by atoms with van der Waals surface area (Å²) in [4.78, 5) is 38.8. The summed E-state index contributed by atoms with van der Waals surface area (Å²) in [6, 6.07) is 13.8. The highest BCUT2D eigenvalue weighted by atomic mass is 32.1. The van der Waals surface area contributed by atoms with Gasteiger partial charge in [-0.15, -0.1) is 11.3 Å². The third-order valence-corrected chi connectivity index (χ3v) is 4.81. The van der Waals surface area contributed by atoms with Gasteiger partial charge in [-0.3, -0.25) is 14.4 Å². The van der Waals surface area contributed by atoms with Crippen molar-refractivity contribution in [3.05, 3.63) is 59.1 Å². The van der Waals surface area contributed by atoms with Crippen molar-refractivity contribution in [2.75, 3.05) is 5.32 Å². The average molecular weight is 370 g/mol. The first-order chi connectivity index (χ1) is 12.4. The first-order valence-corrected chi connectivity index (χ1v) is 8.47. The molecule has 3 N–H and O–H groups in total. The molecule has 1 atom stereocenters. The second kappa shape index (κ2) is 7.32. The zero-order valence-electron chi connectivity index (χ0n) is 13.4. The highest BCUT2D eigenvalue weighted by molar-refractivity contribution is 7.18. The summed E-state index contributed by atoms with van der Waals surface area (Å²) in [7, 11) is 0. The molecular formula is C18H14N2O5S. The van der Waals surface area contributed by atoms with Gasteiger partial charge in [0.25, 0.3) is 5.91 Å². The number of carboxylic acids is 2. The van der Waals surface area contributed by atoms with Crippen LogP contribution < -0.4 is 5.32 Å². The van der Waals surface area contributed by atoms with E-state index in [-0.39, 0.29) is 10.9 Å². The van der Waals surface area contributed by atoms with Gasteiger partial charge >= 0.3 is 11.9 Å². The van der Waals surface area contributed by atoms with Crippen molar-refractivity contribution in [3.63, 3.8) is 0 Å². The molecule has 3 aromatic rings. The van der Waals surface area contributed by atoms with Crippen molar-refractivity contribution in [1.82, 2.24) is 4.98 Å². The van der Waals surface area contributed by atoms with Crippen LogP contribution in [0.25, 0.3) is 10.2 Å². The highest BCUT2D eigenvalue weighted by Gasteiger charge is 2.26. The zero-order chi connectivity index (χ0) is 18.7. The highest BCUT2D eigenvalue weighted by Crippen LogP contribution is 2.30. The first-order valence-electron chi connectivity index (χ1n) is 7.65. The molecule has 0 saturated heterocycles. The lowest BCUT2D eigenvalue weighted by Crippen LogP contribution is -2.15. The third-order valence-electron chi connectivity index (χ3n) is 3.67. The number of hydrogen-bond donors (Lipinski definition) is 3. The second-order valence-electron chi connectivity index (χ2n) is 5.54. The molecule has 0 spiro atoms. The van der Waals surface area contributed by atoms with E-state index in [1.807, 2.05) is 18.2 Å². The number of anilines is 1. The molecule has 0 aliphatic heterocycles. The molecule has 1 aromatic heterocycles. The van der Waals surface area contributed by atoms with Gasteiger partial charge in [0, 0.05) is 11.3 Å². The van der Waals surface area contributed by atoms with Crippen molar-refractivity contribution in [3.8, 4) is 0 Å². The number of aromatic nitrogens is 1. The van der Waals surface area contributed by atoms with Crippen LogP contribution in [0.3, 0.4) is 0 Å². The lowest BCUT2D eigenvalue weighted by molar-refractivity contribution is -0.145. The van der Waals surface area contributed by atoms with Crippen LogP contribution in [0.4, 0.5) is 5.69 Å². The molecule has 8 heteroatoms. The van der Waals surface area contributed by atoms with E-state index in [1.165, 1.54) is 0 Å². The monoisotopic (exact) mass is 370 g/mol. The van der Waals surface area contributed by atoms with Crippen LogP contribution in [-0.4, -0.2) is 33.0 Å². The number of carboxylic acid groups (broad SMARTS) is 2. The van der Waals surface area contributed by atoms with E-state index in [0.717, 1.165) is 11.3 Å². The Kier molecular flexibility index (Phi) is 4.94. The molecule has 1 heterocycles. The van der Waals surface area contributed by atoms with Crippen LogP contribution in [0, 0.1) is 0 Å². The number of fused-ring (bicyclic) bond motifs is 1. The number of aliphatic carboxylic acids is 2. The number of nitrogens with zero attached hydrogens (tertiary/aromatic N) is 1. The Morgan fingerprint density at radius 1 is 1.08 bits per heavy atom. The molecule has 132 valence electrons. The number of rotatable bonds is 6. The van der Waals surface area contributed by atoms with Gasteiger partial charge in [-0.25, -0.2) is 4.98 Å². The number of carbonyl (C=O) groups excluding carboxylic acids is 1. The van der Waals surface area contributed by atoms with Gasteiger partial charge < -0.3 is 15.5 Å². The van der Waals surface area contributed by atoms with E-state index in [9.17, 15) is 19.5 Å². The molecule has 0 radical (unpaired) electrons. The molecule has 2 aromatic carbocycles. The van der Waals surface area contributed by atoms with Crippen molar-refractivity contribution in [2.45, 2.75) is 12.3 Å². The zero-order valence-corrected chi connectivity index (χ0v) is 14.2. The topological polar surface area (TPSA) is 117 Å². The minimum Gasteiger partial charge on any atom is -0.481 e. The molecule has 0 saturated carbocycles. The van der Waals surface area contributed by atoms with E-state index in [0.29, 0.717) is 21.5 Å². The molecule has 1 amide bonds. The molecule has 0 aliphatic carbocycles. The van der Waals surface area contributed by atoms with Gasteiger partial charge in [0.15, 0.2) is 0 Å². The summed E-state index contributed by atoms with van der Waals surface area (Å²) >= 11 is 1.08. The maximum atomic E-state index is 12.4. The normalized spacial score (nSPS) is 11.8. The number of benzene rings is 2. The maximum Gasteiger partial charge on any atom is 0.314 e. The third kappa shape index (κ3) is 3.86. The second-order valence-corrected chi connectivity index (χ2v) is 6.61. The minimum atomic E-state index is -1.24. The fraction of sp³-hybridized carbons (Fsp3) is 0.111. The summed E-state index contributed by atoms with van der Waals surface area (Å²) in [6.07, 6.45) is -0.545. The smallest absolute Gasteiger partial charge is 0.314 e. The number of amides is 1. The predicted octanol–water partition coefficient (Wildman–Crippen LogP) is 3.19. The molecule has 1 unspecified atom stereocenters. The van der Waals surface area contributed by atoms with E-state index in [4.69, 9.17) is 5.11 Å². The maximum absolute atomic E-state index is 12.4. The fourth-order valence-electron chi connectivity index (χ4n) is 2.41. The Hall–Kier alpha value is -3.26. The largest absolute Gasteiger partial charge is 0.481 e. The van der Waals surface area contributed by atoms with Crippen LogP contribution in [0.1, 0.15) is 27.7 Å². The van der Waals surface area contributed by atoms with Gasteiger partial charge in [-0.1, -0.05) is 18.2 Å². The number of hydrogen-bond acceptors (Lipinski definition) is 5. The van der Waals surface area contributed by atoms with Gasteiger partial charge in [-0.05, 0) is 30.3 Å². The van der Waals surface area contributed by atoms with Crippen molar-refractivity contribution < 1.29 is 24.6 Å². The summed E-state index contributed by atoms with van der Waals surface area (Å²) < 4.78 is 0.623. The lowest BCUT2D eigenvalue weighted by Gasteiger charge is -2.04. The van der Waals surface area contributed by atoms with Crippen LogP contribution >= 0.6 is 11.3 Å². The SMILES string of the molecule is O=C(O)CC(C(=O)O)c1nc2ccc(C(=O)Nc3ccccc3)cc2s1. The summed E-state index contributed by atoms with van der Waals surface area (Å²) in [5, 5.41) is 21.1. The number of carbonyl (C=O) groups is 3. The number of nitrogens with one attached hydrogen (secondary N) is 1. The van der Waals surface area contributed by atoms with E-state index >= 15 is 0 Å². The predicted molar refractivity (Wildman–Crippen MR) is 96.6 cm³/mol. The fourth-order valence-corrected chi connectivity index (χ4v) is 3.51. The summed E-state index contributed by atoms with van der Waals surface area (Å²) in [5.74, 6) is -3.96. The Morgan fingerprint density at radius 3 is 2.46 bits per heavy atom. The van der Waals surface area contributed by atoms with Crippen LogP contribution in [-0.2, 0) is 9.59 Å².